The highest BCUT2D eigenvalue weighted by Crippen LogP contribution is 2.33. The SMILES string of the molecule is CCc1ccc2nc(N(CCCN3CCOCC3)C(=O)c3cc(-c4cccs4)nc4ccccc34)sc2c1.Cl. The van der Waals surface area contributed by atoms with Crippen molar-refractivity contribution in [2.45, 2.75) is 19.8 Å². The van der Waals surface area contributed by atoms with Gasteiger partial charge in [0.1, 0.15) is 0 Å². The third-order valence-electron chi connectivity index (χ3n) is 7.01. The van der Waals surface area contributed by atoms with Gasteiger partial charge >= 0.3 is 0 Å². The Balaban J connectivity index is 0.00000308. The molecule has 0 unspecified atom stereocenters. The van der Waals surface area contributed by atoms with Gasteiger partial charge in [-0.2, -0.15) is 0 Å². The van der Waals surface area contributed by atoms with Gasteiger partial charge in [0.05, 0.1) is 45.1 Å². The van der Waals surface area contributed by atoms with Crippen LogP contribution in [-0.2, 0) is 11.2 Å². The molecule has 0 aliphatic carbocycles. The fourth-order valence-electron chi connectivity index (χ4n) is 4.90. The predicted molar refractivity (Wildman–Crippen MR) is 165 cm³/mol. The molecule has 202 valence electrons. The smallest absolute Gasteiger partial charge is 0.260 e. The van der Waals surface area contributed by atoms with Crippen LogP contribution in [0, 0.1) is 0 Å². The molecule has 5 aromatic rings. The highest BCUT2D eigenvalue weighted by Gasteiger charge is 2.25. The van der Waals surface area contributed by atoms with Gasteiger partial charge in [-0.05, 0) is 54.1 Å². The number of pyridine rings is 1. The Hall–Kier alpha value is -2.88. The van der Waals surface area contributed by atoms with E-state index in [-0.39, 0.29) is 18.3 Å². The van der Waals surface area contributed by atoms with E-state index < -0.39 is 0 Å². The lowest BCUT2D eigenvalue weighted by atomic mass is 10.1. The van der Waals surface area contributed by atoms with Crippen LogP contribution in [-0.4, -0.2) is 60.2 Å². The fraction of sp³-hybridized carbons (Fsp3) is 0.300. The maximum Gasteiger partial charge on any atom is 0.260 e. The van der Waals surface area contributed by atoms with E-state index in [1.165, 1.54) is 5.56 Å². The molecule has 0 saturated carbocycles. The van der Waals surface area contributed by atoms with Crippen molar-refractivity contribution in [1.29, 1.82) is 0 Å². The number of aryl methyl sites for hydroxylation is 1. The number of fused-ring (bicyclic) bond motifs is 2. The summed E-state index contributed by atoms with van der Waals surface area (Å²) < 4.78 is 6.62. The van der Waals surface area contributed by atoms with Gasteiger partial charge < -0.3 is 4.74 Å². The van der Waals surface area contributed by atoms with E-state index in [9.17, 15) is 4.79 Å². The summed E-state index contributed by atoms with van der Waals surface area (Å²) in [5.74, 6) is -0.0295. The Morgan fingerprint density at radius 3 is 2.67 bits per heavy atom. The standard InChI is InChI=1S/C30H30N4O2S2.ClH/c1-2-21-10-11-25-28(19-21)38-30(32-25)34(13-6-12-33-14-16-36-17-15-33)29(35)23-20-26(27-9-5-18-37-27)31-24-8-4-3-7-22(23)24;/h3-5,7-11,18-20H,2,6,12-17H2,1H3;1H. The van der Waals surface area contributed by atoms with Crippen molar-refractivity contribution in [3.05, 3.63) is 77.2 Å². The molecule has 0 bridgehead atoms. The highest BCUT2D eigenvalue weighted by atomic mass is 35.5. The number of carbonyl (C=O) groups is 1. The zero-order valence-corrected chi connectivity index (χ0v) is 24.3. The molecule has 4 heterocycles. The van der Waals surface area contributed by atoms with Crippen LogP contribution >= 0.6 is 35.1 Å². The van der Waals surface area contributed by atoms with E-state index in [0.717, 1.165) is 82.5 Å². The number of ether oxygens (including phenoxy) is 1. The number of anilines is 1. The summed E-state index contributed by atoms with van der Waals surface area (Å²) in [6.07, 6.45) is 1.84. The molecule has 0 atom stereocenters. The van der Waals surface area contributed by atoms with Gasteiger partial charge in [0.25, 0.3) is 5.91 Å². The Morgan fingerprint density at radius 2 is 1.87 bits per heavy atom. The Labute approximate surface area is 242 Å². The van der Waals surface area contributed by atoms with Gasteiger partial charge in [0.15, 0.2) is 5.13 Å². The lowest BCUT2D eigenvalue weighted by molar-refractivity contribution is 0.0376. The number of aromatic nitrogens is 2. The molecule has 39 heavy (non-hydrogen) atoms. The highest BCUT2D eigenvalue weighted by molar-refractivity contribution is 7.22. The number of thiazole rings is 1. The summed E-state index contributed by atoms with van der Waals surface area (Å²) in [7, 11) is 0. The molecule has 2 aromatic carbocycles. The van der Waals surface area contributed by atoms with Crippen LogP contribution in [0.4, 0.5) is 5.13 Å². The van der Waals surface area contributed by atoms with Crippen molar-refractivity contribution in [3.63, 3.8) is 0 Å². The van der Waals surface area contributed by atoms with Gasteiger partial charge in [-0.15, -0.1) is 23.7 Å². The topological polar surface area (TPSA) is 58.6 Å². The van der Waals surface area contributed by atoms with Gasteiger partial charge in [-0.25, -0.2) is 9.97 Å². The zero-order chi connectivity index (χ0) is 25.9. The van der Waals surface area contributed by atoms with E-state index in [0.29, 0.717) is 12.1 Å². The van der Waals surface area contributed by atoms with E-state index in [1.54, 1.807) is 22.7 Å². The quantitative estimate of drug-likeness (QED) is 0.200. The van der Waals surface area contributed by atoms with Crippen LogP contribution in [0.3, 0.4) is 0 Å². The second-order valence-electron chi connectivity index (χ2n) is 9.47. The van der Waals surface area contributed by atoms with E-state index in [4.69, 9.17) is 14.7 Å². The average Bonchev–Trinajstić information content (AvgIpc) is 3.65. The molecule has 9 heteroatoms. The number of morpholine rings is 1. The van der Waals surface area contributed by atoms with Crippen LogP contribution in [0.25, 0.3) is 31.7 Å². The summed E-state index contributed by atoms with van der Waals surface area (Å²) in [5, 5.41) is 3.65. The van der Waals surface area contributed by atoms with E-state index >= 15 is 0 Å². The third kappa shape index (κ3) is 6.00. The number of thiophene rings is 1. The van der Waals surface area contributed by atoms with Crippen molar-refractivity contribution in [3.8, 4) is 10.6 Å². The fourth-order valence-corrected chi connectivity index (χ4v) is 6.64. The number of halogens is 1. The first-order valence-electron chi connectivity index (χ1n) is 13.1. The molecule has 1 saturated heterocycles. The normalized spacial score (nSPS) is 14.0. The average molecular weight is 579 g/mol. The van der Waals surface area contributed by atoms with Crippen LogP contribution in [0.1, 0.15) is 29.3 Å². The summed E-state index contributed by atoms with van der Waals surface area (Å²) in [6, 6.07) is 20.3. The van der Waals surface area contributed by atoms with E-state index in [2.05, 4.69) is 36.1 Å². The third-order valence-corrected chi connectivity index (χ3v) is 8.94. The number of benzene rings is 2. The van der Waals surface area contributed by atoms with Crippen molar-refractivity contribution in [2.24, 2.45) is 0 Å². The molecule has 3 aromatic heterocycles. The van der Waals surface area contributed by atoms with Crippen LogP contribution in [0.2, 0.25) is 0 Å². The van der Waals surface area contributed by atoms with Gasteiger partial charge in [-0.1, -0.05) is 48.6 Å². The first-order valence-corrected chi connectivity index (χ1v) is 14.8. The van der Waals surface area contributed by atoms with Crippen molar-refractivity contribution >= 4 is 67.2 Å². The maximum atomic E-state index is 14.4. The number of rotatable bonds is 8. The molecule has 1 aliphatic heterocycles. The molecule has 1 aliphatic rings. The summed E-state index contributed by atoms with van der Waals surface area (Å²) >= 11 is 3.23. The lowest BCUT2D eigenvalue weighted by Gasteiger charge is -2.28. The monoisotopic (exact) mass is 578 g/mol. The number of amides is 1. The molecular weight excluding hydrogens is 548 g/mol. The minimum Gasteiger partial charge on any atom is -0.379 e. The van der Waals surface area contributed by atoms with Gasteiger partial charge in [-0.3, -0.25) is 14.6 Å². The second-order valence-corrected chi connectivity index (χ2v) is 11.4. The molecule has 1 fully saturated rings. The Morgan fingerprint density at radius 1 is 1.03 bits per heavy atom. The minimum atomic E-state index is -0.0295. The van der Waals surface area contributed by atoms with Crippen LogP contribution in [0.5, 0.6) is 0 Å². The van der Waals surface area contributed by atoms with Gasteiger partial charge in [0, 0.05) is 31.6 Å². The van der Waals surface area contributed by atoms with Crippen molar-refractivity contribution < 1.29 is 9.53 Å². The largest absolute Gasteiger partial charge is 0.379 e. The first kappa shape index (κ1) is 27.7. The van der Waals surface area contributed by atoms with E-state index in [1.807, 2.05) is 46.7 Å². The molecule has 0 spiro atoms. The molecular formula is C30H31ClN4O2S2. The number of carbonyl (C=O) groups excluding carboxylic acids is 1. The number of hydrogen-bond donors (Lipinski definition) is 0. The predicted octanol–water partition coefficient (Wildman–Crippen LogP) is 6.93. The summed E-state index contributed by atoms with van der Waals surface area (Å²) in [4.78, 5) is 29.6. The molecule has 6 rings (SSSR count). The molecule has 0 radical (unpaired) electrons. The number of hydrogen-bond acceptors (Lipinski definition) is 7. The first-order chi connectivity index (χ1) is 18.7. The van der Waals surface area contributed by atoms with Crippen LogP contribution in [0.15, 0.2) is 66.0 Å². The molecule has 6 nitrogen and oxygen atoms in total. The Kier molecular flexibility index (Phi) is 8.89. The number of para-hydroxylation sites is 1. The molecule has 0 N–H and O–H groups in total. The number of nitrogens with zero attached hydrogens (tertiary/aromatic N) is 4. The summed E-state index contributed by atoms with van der Waals surface area (Å²) in [6.45, 7) is 7.10. The van der Waals surface area contributed by atoms with Gasteiger partial charge in [0.2, 0.25) is 0 Å². The minimum absolute atomic E-state index is 0. The van der Waals surface area contributed by atoms with Crippen molar-refractivity contribution in [2.75, 3.05) is 44.3 Å². The van der Waals surface area contributed by atoms with Crippen molar-refractivity contribution in [1.82, 2.24) is 14.9 Å². The maximum absolute atomic E-state index is 14.4. The molecule has 1 amide bonds. The Bertz CT molecular complexity index is 1560. The zero-order valence-electron chi connectivity index (χ0n) is 21.8. The lowest BCUT2D eigenvalue weighted by Crippen LogP contribution is -2.39. The second kappa shape index (κ2) is 12.5. The van der Waals surface area contributed by atoms with Crippen LogP contribution < -0.4 is 4.90 Å². The summed E-state index contributed by atoms with van der Waals surface area (Å²) in [5.41, 5.74) is 4.53.